The van der Waals surface area contributed by atoms with E-state index in [4.69, 9.17) is 9.47 Å². The normalized spacial score (nSPS) is 16.3. The van der Waals surface area contributed by atoms with E-state index in [0.29, 0.717) is 18.7 Å². The minimum atomic E-state index is -1.09. The molecule has 2 atom stereocenters. The van der Waals surface area contributed by atoms with Gasteiger partial charge in [0.1, 0.15) is 0 Å². The van der Waals surface area contributed by atoms with Gasteiger partial charge in [0.2, 0.25) is 12.0 Å². The molecule has 1 heterocycles. The van der Waals surface area contributed by atoms with Crippen molar-refractivity contribution >= 4 is 35.2 Å². The van der Waals surface area contributed by atoms with Crippen molar-refractivity contribution in [3.05, 3.63) is 60.2 Å². The maximum Gasteiger partial charge on any atom is 0.308 e. The Balaban J connectivity index is 1.67. The van der Waals surface area contributed by atoms with Gasteiger partial charge >= 0.3 is 5.97 Å². The lowest BCUT2D eigenvalue weighted by Gasteiger charge is -2.24. The van der Waals surface area contributed by atoms with Crippen molar-refractivity contribution in [2.45, 2.75) is 22.7 Å². The lowest BCUT2D eigenvalue weighted by atomic mass is 10.1. The fraction of sp³-hybridized carbons (Fsp3) is 0.286. The molecule has 2 aromatic carbocycles. The molecule has 152 valence electrons. The number of fused-ring (bicyclic) bond motifs is 1. The van der Waals surface area contributed by atoms with Crippen LogP contribution >= 0.6 is 11.8 Å². The monoisotopic (exact) mass is 414 g/mol. The predicted octanol–water partition coefficient (Wildman–Crippen LogP) is 2.54. The molecule has 1 aliphatic rings. The second-order valence-corrected chi connectivity index (χ2v) is 7.61. The smallest absolute Gasteiger partial charge is 0.308 e. The number of anilines is 1. The maximum absolute atomic E-state index is 12.6. The highest BCUT2D eigenvalue weighted by molar-refractivity contribution is 8.01. The molecular formula is C21H22N2O5S. The second-order valence-electron chi connectivity index (χ2n) is 6.36. The van der Waals surface area contributed by atoms with Crippen molar-refractivity contribution < 1.29 is 23.9 Å². The Morgan fingerprint density at radius 2 is 1.86 bits per heavy atom. The number of amides is 2. The Kier molecular flexibility index (Phi) is 7.26. The van der Waals surface area contributed by atoms with Crippen LogP contribution in [0.4, 0.5) is 5.69 Å². The third kappa shape index (κ3) is 5.58. The van der Waals surface area contributed by atoms with E-state index in [9.17, 15) is 14.4 Å². The van der Waals surface area contributed by atoms with Gasteiger partial charge in [-0.25, -0.2) is 0 Å². The Morgan fingerprint density at radius 3 is 2.62 bits per heavy atom. The van der Waals surface area contributed by atoms with Crippen molar-refractivity contribution in [3.63, 3.8) is 0 Å². The molecule has 2 amide bonds. The van der Waals surface area contributed by atoms with Crippen LogP contribution in [0.2, 0.25) is 0 Å². The molecule has 8 heteroatoms. The molecule has 0 bridgehead atoms. The topological polar surface area (TPSA) is 93.7 Å². The van der Waals surface area contributed by atoms with Crippen LogP contribution in [0.1, 0.15) is 18.1 Å². The molecule has 7 nitrogen and oxygen atoms in total. The fourth-order valence-electron chi connectivity index (χ4n) is 2.83. The van der Waals surface area contributed by atoms with Gasteiger partial charge < -0.3 is 20.1 Å². The minimum absolute atomic E-state index is 0.139. The van der Waals surface area contributed by atoms with Gasteiger partial charge in [0.05, 0.1) is 24.0 Å². The number of thioether (sulfide) groups is 1. The molecule has 0 saturated heterocycles. The number of nitrogens with one attached hydrogen (secondary N) is 2. The summed E-state index contributed by atoms with van der Waals surface area (Å²) in [7, 11) is 1.53. The van der Waals surface area contributed by atoms with E-state index in [1.807, 2.05) is 30.3 Å². The number of hydrogen-bond donors (Lipinski definition) is 2. The van der Waals surface area contributed by atoms with Crippen LogP contribution < -0.4 is 10.6 Å². The predicted molar refractivity (Wildman–Crippen MR) is 109 cm³/mol. The number of ether oxygens (including phenoxy) is 2. The van der Waals surface area contributed by atoms with Gasteiger partial charge in [-0.2, -0.15) is 0 Å². The fourth-order valence-corrected chi connectivity index (χ4v) is 3.92. The first-order valence-corrected chi connectivity index (χ1v) is 10.0. The van der Waals surface area contributed by atoms with Gasteiger partial charge in [-0.1, -0.05) is 42.5 Å². The molecule has 3 rings (SSSR count). The number of benzene rings is 2. The number of carbonyl (C=O) groups is 3. The number of rotatable bonds is 8. The minimum Gasteiger partial charge on any atom is -0.447 e. The molecule has 1 aliphatic heterocycles. The van der Waals surface area contributed by atoms with Crippen molar-refractivity contribution in [2.75, 3.05) is 25.6 Å². The Labute approximate surface area is 173 Å². The summed E-state index contributed by atoms with van der Waals surface area (Å²) < 4.78 is 10.4. The molecule has 2 aromatic rings. The highest BCUT2D eigenvalue weighted by atomic mass is 32.2. The van der Waals surface area contributed by atoms with Gasteiger partial charge in [0, 0.05) is 24.1 Å². The number of hydrogen-bond acceptors (Lipinski definition) is 6. The zero-order chi connectivity index (χ0) is 20.6. The van der Waals surface area contributed by atoms with Crippen molar-refractivity contribution in [1.29, 1.82) is 0 Å². The number of para-hydroxylation sites is 1. The number of esters is 1. The van der Waals surface area contributed by atoms with Crippen molar-refractivity contribution in [1.82, 2.24) is 5.32 Å². The van der Waals surface area contributed by atoms with E-state index in [0.717, 1.165) is 10.6 Å². The first-order valence-electron chi connectivity index (χ1n) is 9.16. The summed E-state index contributed by atoms with van der Waals surface area (Å²) in [5.74, 6) is -1.31. The summed E-state index contributed by atoms with van der Waals surface area (Å²) in [5, 5.41) is 4.86. The summed E-state index contributed by atoms with van der Waals surface area (Å²) in [6.45, 7) is 0.646. The highest BCUT2D eigenvalue weighted by Gasteiger charge is 2.32. The largest absolute Gasteiger partial charge is 0.447 e. The van der Waals surface area contributed by atoms with E-state index >= 15 is 0 Å². The van der Waals surface area contributed by atoms with Crippen LogP contribution in [0.3, 0.4) is 0 Å². The zero-order valence-electron chi connectivity index (χ0n) is 15.9. The maximum atomic E-state index is 12.6. The van der Waals surface area contributed by atoms with Crippen LogP contribution in [0.15, 0.2) is 59.5 Å². The average Bonchev–Trinajstić information content (AvgIpc) is 2.73. The van der Waals surface area contributed by atoms with Crippen molar-refractivity contribution in [2.24, 2.45) is 0 Å². The molecule has 0 fully saturated rings. The Hall–Kier alpha value is -2.84. The van der Waals surface area contributed by atoms with Crippen LogP contribution in [0.5, 0.6) is 0 Å². The number of methoxy groups -OCH3 is 1. The molecule has 0 aromatic heterocycles. The molecule has 0 saturated carbocycles. The van der Waals surface area contributed by atoms with Gasteiger partial charge in [0.25, 0.3) is 5.91 Å². The summed E-state index contributed by atoms with van der Waals surface area (Å²) >= 11 is 1.31. The molecule has 0 spiro atoms. The average molecular weight is 414 g/mol. The molecule has 29 heavy (non-hydrogen) atoms. The molecule has 0 aliphatic carbocycles. The second kappa shape index (κ2) is 10.1. The highest BCUT2D eigenvalue weighted by Crippen LogP contribution is 2.37. The summed E-state index contributed by atoms with van der Waals surface area (Å²) in [6, 6.07) is 16.2. The van der Waals surface area contributed by atoms with Crippen LogP contribution in [0.25, 0.3) is 0 Å². The zero-order valence-corrected chi connectivity index (χ0v) is 16.7. The summed E-state index contributed by atoms with van der Waals surface area (Å²) in [6.07, 6.45) is -1.23. The van der Waals surface area contributed by atoms with Gasteiger partial charge in [0.15, 0.2) is 0 Å². The van der Waals surface area contributed by atoms with Crippen LogP contribution in [-0.2, 0) is 23.9 Å². The molecular weight excluding hydrogens is 392 g/mol. The summed E-state index contributed by atoms with van der Waals surface area (Å²) in [5.41, 5.74) is 1.29. The molecule has 0 radical (unpaired) electrons. The van der Waals surface area contributed by atoms with Gasteiger partial charge in [-0.3, -0.25) is 14.4 Å². The van der Waals surface area contributed by atoms with E-state index < -0.39 is 23.2 Å². The molecule has 2 N–H and O–H groups in total. The van der Waals surface area contributed by atoms with E-state index in [2.05, 4.69) is 10.6 Å². The third-order valence-electron chi connectivity index (χ3n) is 4.25. The SMILES string of the molecule is COCCNC(=O)[C@@H](OC(=O)C[C@@H]1Sc2ccccc2NC1=O)c1ccccc1. The lowest BCUT2D eigenvalue weighted by molar-refractivity contribution is -0.156. The lowest BCUT2D eigenvalue weighted by Crippen LogP contribution is -2.36. The Bertz CT molecular complexity index is 874. The van der Waals surface area contributed by atoms with Crippen molar-refractivity contribution in [3.8, 4) is 0 Å². The van der Waals surface area contributed by atoms with E-state index in [1.165, 1.54) is 18.9 Å². The first kappa shape index (κ1) is 20.9. The van der Waals surface area contributed by atoms with Crippen LogP contribution in [0, 0.1) is 0 Å². The van der Waals surface area contributed by atoms with Crippen LogP contribution in [-0.4, -0.2) is 43.3 Å². The first-order chi connectivity index (χ1) is 14.1. The Morgan fingerprint density at radius 1 is 1.14 bits per heavy atom. The van der Waals surface area contributed by atoms with Gasteiger partial charge in [-0.05, 0) is 12.1 Å². The molecule has 0 unspecified atom stereocenters. The van der Waals surface area contributed by atoms with Gasteiger partial charge in [-0.15, -0.1) is 11.8 Å². The summed E-state index contributed by atoms with van der Waals surface area (Å²) in [4.78, 5) is 38.3. The standard InChI is InChI=1S/C21H22N2O5S/c1-27-12-11-22-21(26)19(14-7-3-2-4-8-14)28-18(24)13-17-20(25)23-15-9-5-6-10-16(15)29-17/h2-10,17,19H,11-13H2,1H3,(H,22,26)(H,23,25)/t17-,19-/m0/s1. The van der Waals surface area contributed by atoms with E-state index in [-0.39, 0.29) is 12.3 Å². The number of carbonyl (C=O) groups excluding carboxylic acids is 3. The third-order valence-corrected chi connectivity index (χ3v) is 5.53. The van der Waals surface area contributed by atoms with E-state index in [1.54, 1.807) is 24.3 Å². The quantitative estimate of drug-likeness (QED) is 0.509.